The second-order valence-corrected chi connectivity index (χ2v) is 0.189. The summed E-state index contributed by atoms with van der Waals surface area (Å²) in [5.41, 5.74) is 0. The van der Waals surface area contributed by atoms with Gasteiger partial charge in [0.1, 0.15) is 6.79 Å². The Kier molecular flexibility index (Phi) is 3220. The van der Waals surface area contributed by atoms with Crippen LogP contribution in [0.4, 0.5) is 0 Å². The molecule has 0 atom stereocenters. The summed E-state index contributed by atoms with van der Waals surface area (Å²) in [6.07, 6.45) is 0.250. The summed E-state index contributed by atoms with van der Waals surface area (Å²) in [5.74, 6) is 0. The van der Waals surface area contributed by atoms with Gasteiger partial charge in [0.15, 0.2) is 0 Å². The first-order valence-electron chi connectivity index (χ1n) is 1.64. The maximum atomic E-state index is 8.36. The van der Waals surface area contributed by atoms with Crippen LogP contribution in [0.5, 0.6) is 0 Å². The highest BCUT2D eigenvalue weighted by atomic mass is 16.3. The van der Waals surface area contributed by atoms with Crippen molar-refractivity contribution >= 4 is 19.4 Å². The molecule has 0 heterocycles. The first kappa shape index (κ1) is 23.6. The molecule has 0 radical (unpaired) electrons. The molecule has 0 aliphatic rings. The van der Waals surface area contributed by atoms with Crippen molar-refractivity contribution in [1.29, 1.82) is 0 Å². The summed E-state index contributed by atoms with van der Waals surface area (Å²) in [4.78, 5) is 32.6. The number of carboxylic acid groups (broad SMARTS) is 1. The van der Waals surface area contributed by atoms with Gasteiger partial charge in [-0.1, -0.05) is 0 Å². The van der Waals surface area contributed by atoms with E-state index in [-0.39, 0.29) is 12.6 Å². The van der Waals surface area contributed by atoms with Crippen molar-refractivity contribution in [3.05, 3.63) is 0 Å². The van der Waals surface area contributed by atoms with Crippen LogP contribution in [-0.4, -0.2) is 36.7 Å². The first-order chi connectivity index (χ1) is 4.83. The SMILES string of the molecule is C=O.CO.O=C=O.O=CO. The average Bonchev–Trinajstić information content (AvgIpc) is 1.99. The maximum Gasteiger partial charge on any atom is 0.373 e. The van der Waals surface area contributed by atoms with Crippen LogP contribution in [0.3, 0.4) is 0 Å². The molecule has 6 nitrogen and oxygen atoms in total. The van der Waals surface area contributed by atoms with Gasteiger partial charge in [0.25, 0.3) is 6.47 Å². The van der Waals surface area contributed by atoms with E-state index in [9.17, 15) is 0 Å². The van der Waals surface area contributed by atoms with Crippen molar-refractivity contribution in [2.45, 2.75) is 0 Å². The lowest BCUT2D eigenvalue weighted by Crippen LogP contribution is -1.49. The molecule has 0 fully saturated rings. The number of aliphatic hydroxyl groups is 1. The molecule has 0 aromatic rings. The minimum atomic E-state index is -0.250. The quantitative estimate of drug-likeness (QED) is 0.410. The largest absolute Gasteiger partial charge is 0.483 e. The zero-order valence-electron chi connectivity index (χ0n) is 5.31. The van der Waals surface area contributed by atoms with E-state index in [2.05, 4.69) is 0 Å². The van der Waals surface area contributed by atoms with Gasteiger partial charge < -0.3 is 15.0 Å². The van der Waals surface area contributed by atoms with E-state index in [1.54, 1.807) is 0 Å². The fourth-order valence-electron chi connectivity index (χ4n) is 0. The first-order valence-corrected chi connectivity index (χ1v) is 1.64. The summed E-state index contributed by atoms with van der Waals surface area (Å²) in [6, 6.07) is 0. The fraction of sp³-hybridized carbons (Fsp3) is 0.250. The molecule has 0 spiro atoms. The van der Waals surface area contributed by atoms with Gasteiger partial charge in [0, 0.05) is 7.11 Å². The lowest BCUT2D eigenvalue weighted by atomic mass is 11.7. The van der Waals surface area contributed by atoms with E-state index in [0.717, 1.165) is 7.11 Å². The number of carbonyl (C=O) groups excluding carboxylic acids is 3. The summed E-state index contributed by atoms with van der Waals surface area (Å²) in [5, 5.41) is 13.9. The van der Waals surface area contributed by atoms with Crippen LogP contribution in [-0.2, 0) is 19.2 Å². The second-order valence-electron chi connectivity index (χ2n) is 0.189. The van der Waals surface area contributed by atoms with Gasteiger partial charge in [-0.05, 0) is 0 Å². The molecule has 0 amide bonds. The van der Waals surface area contributed by atoms with E-state index >= 15 is 0 Å². The summed E-state index contributed by atoms with van der Waals surface area (Å²) >= 11 is 0. The van der Waals surface area contributed by atoms with Crippen LogP contribution in [0.25, 0.3) is 0 Å². The Balaban J connectivity index is -0.0000000246. The molecule has 60 valence electrons. The molecule has 0 aliphatic heterocycles. The van der Waals surface area contributed by atoms with Gasteiger partial charge in [-0.3, -0.25) is 4.79 Å². The second kappa shape index (κ2) is 1360. The summed E-state index contributed by atoms with van der Waals surface area (Å²) in [6.45, 7) is 1.75. The highest BCUT2D eigenvalue weighted by Crippen LogP contribution is 0.966. The number of rotatable bonds is 0. The highest BCUT2D eigenvalue weighted by Gasteiger charge is 1.22. The molecule has 0 saturated carbocycles. The normalized spacial score (nSPS) is 3.00. The molecule has 10 heavy (non-hydrogen) atoms. The number of carbonyl (C=O) groups is 2. The lowest BCUT2D eigenvalue weighted by Gasteiger charge is -1.34. The predicted octanol–water partition coefficient (Wildman–Crippen LogP) is -1.46. The van der Waals surface area contributed by atoms with Gasteiger partial charge >= 0.3 is 6.15 Å². The van der Waals surface area contributed by atoms with E-state index in [1.807, 2.05) is 6.79 Å². The van der Waals surface area contributed by atoms with Crippen molar-refractivity contribution in [2.75, 3.05) is 7.11 Å². The van der Waals surface area contributed by atoms with Crippen molar-refractivity contribution < 1.29 is 29.4 Å². The van der Waals surface area contributed by atoms with E-state index in [4.69, 9.17) is 29.4 Å². The van der Waals surface area contributed by atoms with E-state index in [0.29, 0.717) is 0 Å². The minimum absolute atomic E-state index is 0.250. The average molecular weight is 152 g/mol. The van der Waals surface area contributed by atoms with E-state index < -0.39 is 0 Å². The van der Waals surface area contributed by atoms with Crippen molar-refractivity contribution in [3.8, 4) is 0 Å². The predicted molar refractivity (Wildman–Crippen MR) is 29.0 cm³/mol. The lowest BCUT2D eigenvalue weighted by molar-refractivity contribution is -0.191. The highest BCUT2D eigenvalue weighted by molar-refractivity contribution is 5.32. The van der Waals surface area contributed by atoms with Gasteiger partial charge in [-0.15, -0.1) is 0 Å². The zero-order valence-corrected chi connectivity index (χ0v) is 5.31. The van der Waals surface area contributed by atoms with Gasteiger partial charge in [-0.25, -0.2) is 0 Å². The maximum absolute atomic E-state index is 8.36. The molecule has 0 aromatic heterocycles. The Morgan fingerprint density at radius 2 is 1.30 bits per heavy atom. The van der Waals surface area contributed by atoms with Gasteiger partial charge in [-0.2, -0.15) is 9.59 Å². The Hall–Kier alpha value is -1.52. The van der Waals surface area contributed by atoms with Crippen molar-refractivity contribution in [3.63, 3.8) is 0 Å². The van der Waals surface area contributed by atoms with Gasteiger partial charge in [0.2, 0.25) is 0 Å². The molecular formula is C4H8O6. The minimum Gasteiger partial charge on any atom is -0.483 e. The third kappa shape index (κ3) is 84.2. The molecule has 0 rings (SSSR count). The molecule has 0 saturated heterocycles. The molecule has 6 heteroatoms. The van der Waals surface area contributed by atoms with Crippen LogP contribution < -0.4 is 0 Å². The molecule has 2 N–H and O–H groups in total. The third-order valence-corrected chi connectivity index (χ3v) is 0. The molecule has 0 aliphatic carbocycles. The molecule has 0 unspecified atom stereocenters. The number of hydrogen-bond donors (Lipinski definition) is 2. The monoisotopic (exact) mass is 152 g/mol. The van der Waals surface area contributed by atoms with Crippen molar-refractivity contribution in [2.24, 2.45) is 0 Å². The third-order valence-electron chi connectivity index (χ3n) is 0. The Labute approximate surface area is 57.1 Å². The van der Waals surface area contributed by atoms with Gasteiger partial charge in [0.05, 0.1) is 0 Å². The fourth-order valence-corrected chi connectivity index (χ4v) is 0. The molecule has 0 bridgehead atoms. The number of hydrogen-bond acceptors (Lipinski definition) is 5. The summed E-state index contributed by atoms with van der Waals surface area (Å²) < 4.78 is 0. The summed E-state index contributed by atoms with van der Waals surface area (Å²) in [7, 11) is 1.00. The molecule has 0 aromatic carbocycles. The van der Waals surface area contributed by atoms with Crippen LogP contribution >= 0.6 is 0 Å². The Morgan fingerprint density at radius 3 is 1.30 bits per heavy atom. The zero-order chi connectivity index (χ0) is 9.41. The van der Waals surface area contributed by atoms with Crippen LogP contribution in [0.15, 0.2) is 0 Å². The van der Waals surface area contributed by atoms with Crippen molar-refractivity contribution in [1.82, 2.24) is 0 Å². The standard InChI is InChI=1S/CH2O2.CO2.CH4O.CH2O/c2*2-1-3;2*1-2/h1H,(H,2,3);;2H,1H3;1H2. The molecular weight excluding hydrogens is 144 g/mol. The topological polar surface area (TPSA) is 109 Å². The Morgan fingerprint density at radius 1 is 1.30 bits per heavy atom. The van der Waals surface area contributed by atoms with Crippen LogP contribution in [0.2, 0.25) is 0 Å². The number of aliphatic hydroxyl groups excluding tert-OH is 1. The van der Waals surface area contributed by atoms with Crippen LogP contribution in [0.1, 0.15) is 0 Å². The smallest absolute Gasteiger partial charge is 0.373 e. The van der Waals surface area contributed by atoms with Crippen LogP contribution in [0, 0.1) is 0 Å². The van der Waals surface area contributed by atoms with E-state index in [1.165, 1.54) is 0 Å². The Bertz CT molecular complexity index is 64.1.